The SMILES string of the molecule is Cn1cc(-c2cccc(N(C(=O)c3ccccc3)C(C)(C)C)c2F)nc(Nc2ccc(N3CCOCC3)cc2)c1=O. The van der Waals surface area contributed by atoms with Crippen molar-refractivity contribution in [3.63, 3.8) is 0 Å². The van der Waals surface area contributed by atoms with Crippen LogP contribution in [0.5, 0.6) is 0 Å². The van der Waals surface area contributed by atoms with Gasteiger partial charge in [-0.1, -0.05) is 24.3 Å². The smallest absolute Gasteiger partial charge is 0.293 e. The lowest BCUT2D eigenvalue weighted by molar-refractivity contribution is 0.0964. The second-order valence-electron chi connectivity index (χ2n) is 11.0. The second-order valence-corrected chi connectivity index (χ2v) is 11.0. The Kier molecular flexibility index (Phi) is 7.90. The van der Waals surface area contributed by atoms with Gasteiger partial charge in [-0.3, -0.25) is 9.59 Å². The Bertz CT molecular complexity index is 1590. The molecule has 0 atom stereocenters. The molecule has 0 radical (unpaired) electrons. The summed E-state index contributed by atoms with van der Waals surface area (Å²) in [6.07, 6.45) is 1.50. The molecule has 1 saturated heterocycles. The minimum atomic E-state index is -0.719. The van der Waals surface area contributed by atoms with Crippen LogP contribution in [0.25, 0.3) is 11.3 Å². The summed E-state index contributed by atoms with van der Waals surface area (Å²) in [6.45, 7) is 8.61. The number of rotatable bonds is 6. The van der Waals surface area contributed by atoms with Crippen LogP contribution in [0.2, 0.25) is 0 Å². The van der Waals surface area contributed by atoms with E-state index in [0.717, 1.165) is 18.8 Å². The summed E-state index contributed by atoms with van der Waals surface area (Å²) in [6, 6.07) is 21.4. The first-order valence-corrected chi connectivity index (χ1v) is 13.6. The third kappa shape index (κ3) is 6.00. The standard InChI is InChI=1S/C32H34FN5O3/c1-32(2,3)38(30(39)22-9-6-5-7-10-22)27-12-8-11-25(28(27)33)26-21-36(4)31(40)29(35-26)34-23-13-15-24(16-14-23)37-17-19-41-20-18-37/h5-16,21H,17-20H2,1-4H3,(H,34,35). The van der Waals surface area contributed by atoms with Gasteiger partial charge in [-0.15, -0.1) is 0 Å². The number of hydrogen-bond donors (Lipinski definition) is 1. The van der Waals surface area contributed by atoms with E-state index in [9.17, 15) is 9.59 Å². The average Bonchev–Trinajstić information content (AvgIpc) is 2.97. The van der Waals surface area contributed by atoms with Gasteiger partial charge in [0.05, 0.1) is 24.6 Å². The van der Waals surface area contributed by atoms with Crippen LogP contribution >= 0.6 is 0 Å². The Morgan fingerprint density at radius 2 is 1.66 bits per heavy atom. The average molecular weight is 556 g/mol. The molecule has 212 valence electrons. The second kappa shape index (κ2) is 11.5. The number of amides is 1. The van der Waals surface area contributed by atoms with Crippen molar-refractivity contribution in [3.05, 3.63) is 101 Å². The van der Waals surface area contributed by atoms with Gasteiger partial charge in [-0.2, -0.15) is 0 Å². The van der Waals surface area contributed by atoms with Gasteiger partial charge in [0.1, 0.15) is 0 Å². The molecule has 0 aliphatic carbocycles. The zero-order valence-corrected chi connectivity index (χ0v) is 23.7. The fraction of sp³-hybridized carbons (Fsp3) is 0.281. The molecule has 3 aromatic carbocycles. The summed E-state index contributed by atoms with van der Waals surface area (Å²) in [5.74, 6) is -0.842. The summed E-state index contributed by atoms with van der Waals surface area (Å²) in [5, 5.41) is 3.10. The molecule has 1 aliphatic heterocycles. The minimum Gasteiger partial charge on any atom is -0.378 e. The topological polar surface area (TPSA) is 79.7 Å². The lowest BCUT2D eigenvalue weighted by Gasteiger charge is -2.36. The van der Waals surface area contributed by atoms with E-state index in [-0.39, 0.29) is 34.2 Å². The number of anilines is 4. The van der Waals surface area contributed by atoms with E-state index in [1.165, 1.54) is 15.7 Å². The van der Waals surface area contributed by atoms with Crippen LogP contribution in [-0.4, -0.2) is 47.3 Å². The van der Waals surface area contributed by atoms with Gasteiger partial charge in [0.2, 0.25) is 0 Å². The zero-order chi connectivity index (χ0) is 29.1. The predicted molar refractivity (Wildman–Crippen MR) is 161 cm³/mol. The summed E-state index contributed by atoms with van der Waals surface area (Å²) in [4.78, 5) is 34.7. The summed E-state index contributed by atoms with van der Waals surface area (Å²) in [7, 11) is 1.60. The molecule has 0 saturated carbocycles. The fourth-order valence-electron chi connectivity index (χ4n) is 4.91. The maximum Gasteiger partial charge on any atom is 0.293 e. The van der Waals surface area contributed by atoms with Crippen LogP contribution in [0.3, 0.4) is 0 Å². The van der Waals surface area contributed by atoms with Gasteiger partial charge >= 0.3 is 0 Å². The first kappa shape index (κ1) is 28.0. The van der Waals surface area contributed by atoms with Crippen LogP contribution in [0, 0.1) is 5.82 Å². The maximum absolute atomic E-state index is 16.3. The van der Waals surface area contributed by atoms with Crippen molar-refractivity contribution >= 4 is 28.8 Å². The number of halogens is 1. The molecular formula is C32H34FN5O3. The van der Waals surface area contributed by atoms with Crippen molar-refractivity contribution in [1.82, 2.24) is 9.55 Å². The van der Waals surface area contributed by atoms with Gasteiger partial charge < -0.3 is 24.4 Å². The molecule has 1 fully saturated rings. The molecule has 41 heavy (non-hydrogen) atoms. The molecule has 8 nitrogen and oxygen atoms in total. The fourth-order valence-corrected chi connectivity index (χ4v) is 4.91. The molecule has 1 aliphatic rings. The van der Waals surface area contributed by atoms with Gasteiger partial charge in [0.25, 0.3) is 11.5 Å². The van der Waals surface area contributed by atoms with Gasteiger partial charge in [0, 0.05) is 54.4 Å². The van der Waals surface area contributed by atoms with E-state index in [4.69, 9.17) is 4.74 Å². The summed E-state index contributed by atoms with van der Waals surface area (Å²) in [5.41, 5.74) is 1.72. The van der Waals surface area contributed by atoms with E-state index in [1.54, 1.807) is 49.5 Å². The molecular weight excluding hydrogens is 521 g/mol. The maximum atomic E-state index is 16.3. The summed E-state index contributed by atoms with van der Waals surface area (Å²) < 4.78 is 23.1. The van der Waals surface area contributed by atoms with Crippen LogP contribution in [0.1, 0.15) is 31.1 Å². The Morgan fingerprint density at radius 3 is 2.32 bits per heavy atom. The molecule has 2 heterocycles. The highest BCUT2D eigenvalue weighted by atomic mass is 19.1. The van der Waals surface area contributed by atoms with E-state index in [1.807, 2.05) is 51.1 Å². The monoisotopic (exact) mass is 555 g/mol. The Morgan fingerprint density at radius 1 is 0.976 bits per heavy atom. The van der Waals surface area contributed by atoms with E-state index in [2.05, 4.69) is 15.2 Å². The highest BCUT2D eigenvalue weighted by Gasteiger charge is 2.32. The first-order chi connectivity index (χ1) is 19.6. The molecule has 4 aromatic rings. The normalized spacial score (nSPS) is 13.6. The number of hydrogen-bond acceptors (Lipinski definition) is 6. The third-order valence-electron chi connectivity index (χ3n) is 6.97. The van der Waals surface area contributed by atoms with E-state index < -0.39 is 11.4 Å². The number of aryl methyl sites for hydroxylation is 1. The minimum absolute atomic E-state index is 0.0713. The van der Waals surface area contributed by atoms with Crippen molar-refractivity contribution in [3.8, 4) is 11.3 Å². The van der Waals surface area contributed by atoms with Crippen LogP contribution in [-0.2, 0) is 11.8 Å². The summed E-state index contributed by atoms with van der Waals surface area (Å²) >= 11 is 0. The molecule has 9 heteroatoms. The Labute approximate surface area is 239 Å². The molecule has 5 rings (SSSR count). The lowest BCUT2D eigenvalue weighted by atomic mass is 10.0. The van der Waals surface area contributed by atoms with Crippen molar-refractivity contribution in [2.45, 2.75) is 26.3 Å². The van der Waals surface area contributed by atoms with Crippen LogP contribution in [0.15, 0.2) is 83.8 Å². The van der Waals surface area contributed by atoms with Gasteiger partial charge in [-0.25, -0.2) is 9.37 Å². The first-order valence-electron chi connectivity index (χ1n) is 13.6. The van der Waals surface area contributed by atoms with Gasteiger partial charge in [-0.05, 0) is 69.3 Å². The van der Waals surface area contributed by atoms with Crippen LogP contribution < -0.4 is 20.7 Å². The van der Waals surface area contributed by atoms with Crippen LogP contribution in [0.4, 0.5) is 27.3 Å². The number of aromatic nitrogens is 2. The van der Waals surface area contributed by atoms with Crippen molar-refractivity contribution in [2.24, 2.45) is 7.05 Å². The van der Waals surface area contributed by atoms with E-state index >= 15 is 4.39 Å². The molecule has 0 bridgehead atoms. The molecule has 1 amide bonds. The number of morpholine rings is 1. The third-order valence-corrected chi connectivity index (χ3v) is 6.97. The van der Waals surface area contributed by atoms with E-state index in [0.29, 0.717) is 24.5 Å². The number of ether oxygens (including phenoxy) is 1. The van der Waals surface area contributed by atoms with Gasteiger partial charge in [0.15, 0.2) is 11.6 Å². The molecule has 0 spiro atoms. The Hall–Kier alpha value is -4.50. The zero-order valence-electron chi connectivity index (χ0n) is 23.7. The van der Waals surface area contributed by atoms with Crippen molar-refractivity contribution in [1.29, 1.82) is 0 Å². The lowest BCUT2D eigenvalue weighted by Crippen LogP contribution is -2.46. The highest BCUT2D eigenvalue weighted by Crippen LogP contribution is 2.34. The molecule has 1 N–H and O–H groups in total. The number of nitrogens with one attached hydrogen (secondary N) is 1. The highest BCUT2D eigenvalue weighted by molar-refractivity contribution is 6.07. The predicted octanol–water partition coefficient (Wildman–Crippen LogP) is 5.61. The largest absolute Gasteiger partial charge is 0.378 e. The molecule has 1 aromatic heterocycles. The number of benzene rings is 3. The Balaban J connectivity index is 1.49. The number of carbonyl (C=O) groups is 1. The number of nitrogens with zero attached hydrogens (tertiary/aromatic N) is 4. The molecule has 0 unspecified atom stereocenters. The van der Waals surface area contributed by atoms with Crippen molar-refractivity contribution in [2.75, 3.05) is 41.4 Å². The number of carbonyl (C=O) groups excluding carboxylic acids is 1. The quantitative estimate of drug-likeness (QED) is 0.333. The van der Waals surface area contributed by atoms with Crippen molar-refractivity contribution < 1.29 is 13.9 Å².